The van der Waals surface area contributed by atoms with E-state index in [9.17, 15) is 0 Å². The third-order valence-corrected chi connectivity index (χ3v) is 5.53. The van der Waals surface area contributed by atoms with Gasteiger partial charge < -0.3 is 10.1 Å². The van der Waals surface area contributed by atoms with Crippen molar-refractivity contribution in [3.63, 3.8) is 0 Å². The van der Waals surface area contributed by atoms with Crippen molar-refractivity contribution in [2.45, 2.75) is 13.0 Å². The molecule has 0 aliphatic heterocycles. The second kappa shape index (κ2) is 7.27. The maximum absolute atomic E-state index is 6.04. The fourth-order valence-corrected chi connectivity index (χ4v) is 5.13. The van der Waals surface area contributed by atoms with Crippen LogP contribution in [-0.4, -0.2) is 13.7 Å². The van der Waals surface area contributed by atoms with E-state index >= 15 is 0 Å². The van der Waals surface area contributed by atoms with Gasteiger partial charge in [-0.1, -0.05) is 24.6 Å². The van der Waals surface area contributed by atoms with Gasteiger partial charge in [0.2, 0.25) is 0 Å². The summed E-state index contributed by atoms with van der Waals surface area (Å²) in [4.78, 5) is 0. The van der Waals surface area contributed by atoms with Crippen molar-refractivity contribution in [1.29, 1.82) is 0 Å². The van der Waals surface area contributed by atoms with Crippen LogP contribution in [-0.2, 0) is 0 Å². The standard InChI is InChI=1S/C14H14Br2ClNOS/c1-3-18-13(10-7-12(15)20-14(10)16)9-5-4-8(17)6-11(9)19-2/h4-7,13,18H,3H2,1-2H3. The van der Waals surface area contributed by atoms with E-state index in [-0.39, 0.29) is 6.04 Å². The molecule has 0 aliphatic carbocycles. The Labute approximate surface area is 144 Å². The SMILES string of the molecule is CCNC(c1ccc(Cl)cc1OC)c1cc(Br)sc1Br. The highest BCUT2D eigenvalue weighted by molar-refractivity contribution is 9.12. The molecule has 0 amide bonds. The quantitative estimate of drug-likeness (QED) is 0.652. The summed E-state index contributed by atoms with van der Waals surface area (Å²) in [5, 5.41) is 4.17. The fourth-order valence-electron chi connectivity index (χ4n) is 2.06. The molecular formula is C14H14Br2ClNOS. The second-order valence-corrected chi connectivity index (χ2v) is 8.34. The molecule has 2 rings (SSSR count). The predicted octanol–water partition coefficient (Wildman–Crippen LogP) is 5.63. The summed E-state index contributed by atoms with van der Waals surface area (Å²) in [5.41, 5.74) is 2.26. The smallest absolute Gasteiger partial charge is 0.125 e. The monoisotopic (exact) mass is 437 g/mol. The highest BCUT2D eigenvalue weighted by Crippen LogP contribution is 2.40. The molecule has 2 nitrogen and oxygen atoms in total. The summed E-state index contributed by atoms with van der Waals surface area (Å²) in [6.07, 6.45) is 0. The van der Waals surface area contributed by atoms with E-state index in [2.05, 4.69) is 50.2 Å². The van der Waals surface area contributed by atoms with Crippen LogP contribution in [0.5, 0.6) is 5.75 Å². The fraction of sp³-hybridized carbons (Fsp3) is 0.286. The van der Waals surface area contributed by atoms with Crippen LogP contribution in [0.25, 0.3) is 0 Å². The number of methoxy groups -OCH3 is 1. The first-order valence-electron chi connectivity index (χ1n) is 6.08. The van der Waals surface area contributed by atoms with Crippen LogP contribution in [0.4, 0.5) is 0 Å². The summed E-state index contributed by atoms with van der Waals surface area (Å²) < 4.78 is 7.67. The molecule has 108 valence electrons. The van der Waals surface area contributed by atoms with Crippen molar-refractivity contribution in [3.8, 4) is 5.75 Å². The van der Waals surface area contributed by atoms with Crippen LogP contribution < -0.4 is 10.1 Å². The lowest BCUT2D eigenvalue weighted by molar-refractivity contribution is 0.404. The van der Waals surface area contributed by atoms with Gasteiger partial charge in [0.25, 0.3) is 0 Å². The summed E-state index contributed by atoms with van der Waals surface area (Å²) in [7, 11) is 1.66. The van der Waals surface area contributed by atoms with Gasteiger partial charge in [-0.2, -0.15) is 0 Å². The molecule has 0 radical (unpaired) electrons. The molecular weight excluding hydrogens is 425 g/mol. The third-order valence-electron chi connectivity index (χ3n) is 2.91. The van der Waals surface area contributed by atoms with E-state index in [0.29, 0.717) is 5.02 Å². The zero-order valence-corrected chi connectivity index (χ0v) is 15.8. The minimum absolute atomic E-state index is 0.0594. The van der Waals surface area contributed by atoms with Gasteiger partial charge >= 0.3 is 0 Å². The molecule has 1 heterocycles. The van der Waals surface area contributed by atoms with Crippen molar-refractivity contribution in [2.24, 2.45) is 0 Å². The Morgan fingerprint density at radius 2 is 2.05 bits per heavy atom. The molecule has 6 heteroatoms. The van der Waals surface area contributed by atoms with Gasteiger partial charge in [-0.3, -0.25) is 0 Å². The number of halogens is 3. The topological polar surface area (TPSA) is 21.3 Å². The van der Waals surface area contributed by atoms with E-state index < -0.39 is 0 Å². The largest absolute Gasteiger partial charge is 0.496 e. The Bertz CT molecular complexity index is 603. The van der Waals surface area contributed by atoms with Crippen molar-refractivity contribution >= 4 is 54.8 Å². The molecule has 0 aliphatic rings. The summed E-state index contributed by atoms with van der Waals surface area (Å²) >= 11 is 14.9. The maximum atomic E-state index is 6.04. The van der Waals surface area contributed by atoms with E-state index in [4.69, 9.17) is 16.3 Å². The molecule has 1 aromatic heterocycles. The highest BCUT2D eigenvalue weighted by Gasteiger charge is 2.21. The Morgan fingerprint density at radius 1 is 1.30 bits per heavy atom. The van der Waals surface area contributed by atoms with Crippen molar-refractivity contribution in [3.05, 3.63) is 48.0 Å². The van der Waals surface area contributed by atoms with E-state index in [1.165, 1.54) is 5.56 Å². The number of nitrogens with one attached hydrogen (secondary N) is 1. The highest BCUT2D eigenvalue weighted by atomic mass is 79.9. The van der Waals surface area contributed by atoms with Crippen molar-refractivity contribution in [1.82, 2.24) is 5.32 Å². The Morgan fingerprint density at radius 3 is 2.60 bits per heavy atom. The number of ether oxygens (including phenoxy) is 1. The average molecular weight is 440 g/mol. The number of hydrogen-bond acceptors (Lipinski definition) is 3. The summed E-state index contributed by atoms with van der Waals surface area (Å²) in [6.45, 7) is 2.95. The van der Waals surface area contributed by atoms with Gasteiger partial charge in [0.1, 0.15) is 5.75 Å². The normalized spacial score (nSPS) is 12.4. The van der Waals surface area contributed by atoms with Crippen LogP contribution in [0.3, 0.4) is 0 Å². The van der Waals surface area contributed by atoms with Crippen LogP contribution >= 0.6 is 54.8 Å². The predicted molar refractivity (Wildman–Crippen MR) is 93.2 cm³/mol. The lowest BCUT2D eigenvalue weighted by Gasteiger charge is -2.21. The molecule has 0 spiro atoms. The van der Waals surface area contributed by atoms with Crippen LogP contribution in [0.15, 0.2) is 31.8 Å². The Balaban J connectivity index is 2.51. The first kappa shape index (κ1) is 16.3. The molecule has 20 heavy (non-hydrogen) atoms. The molecule has 1 N–H and O–H groups in total. The molecule has 0 bridgehead atoms. The lowest BCUT2D eigenvalue weighted by Crippen LogP contribution is -2.22. The molecule has 1 aromatic carbocycles. The van der Waals surface area contributed by atoms with Gasteiger partial charge in [0.05, 0.1) is 20.7 Å². The second-order valence-electron chi connectivity index (χ2n) is 4.16. The number of thiophene rings is 1. The zero-order chi connectivity index (χ0) is 14.7. The summed E-state index contributed by atoms with van der Waals surface area (Å²) in [6, 6.07) is 7.92. The summed E-state index contributed by atoms with van der Waals surface area (Å²) in [5.74, 6) is 0.790. The lowest BCUT2D eigenvalue weighted by atomic mass is 10.00. The van der Waals surface area contributed by atoms with E-state index in [1.807, 2.05) is 18.2 Å². The minimum atomic E-state index is 0.0594. The van der Waals surface area contributed by atoms with Gasteiger partial charge in [0, 0.05) is 10.6 Å². The van der Waals surface area contributed by atoms with Crippen LogP contribution in [0, 0.1) is 0 Å². The minimum Gasteiger partial charge on any atom is -0.496 e. The maximum Gasteiger partial charge on any atom is 0.125 e. The van der Waals surface area contributed by atoms with Crippen LogP contribution in [0.2, 0.25) is 5.02 Å². The molecule has 0 saturated carbocycles. The van der Waals surface area contributed by atoms with Gasteiger partial charge in [0.15, 0.2) is 0 Å². The first-order chi connectivity index (χ1) is 9.56. The van der Waals surface area contributed by atoms with Gasteiger partial charge in [-0.05, 0) is 62.2 Å². The van der Waals surface area contributed by atoms with Crippen molar-refractivity contribution < 1.29 is 4.74 Å². The number of benzene rings is 1. The first-order valence-corrected chi connectivity index (χ1v) is 8.86. The van der Waals surface area contributed by atoms with E-state index in [1.54, 1.807) is 18.4 Å². The zero-order valence-electron chi connectivity index (χ0n) is 11.0. The molecule has 1 unspecified atom stereocenters. The van der Waals surface area contributed by atoms with Crippen LogP contribution in [0.1, 0.15) is 24.1 Å². The average Bonchev–Trinajstić information content (AvgIpc) is 2.75. The number of rotatable bonds is 5. The third kappa shape index (κ3) is 3.57. The van der Waals surface area contributed by atoms with E-state index in [0.717, 1.165) is 25.4 Å². The Kier molecular flexibility index (Phi) is 5.93. The molecule has 0 fully saturated rings. The number of hydrogen-bond donors (Lipinski definition) is 1. The Hall–Kier alpha value is -0.0700. The van der Waals surface area contributed by atoms with Gasteiger partial charge in [-0.25, -0.2) is 0 Å². The van der Waals surface area contributed by atoms with Gasteiger partial charge in [-0.15, -0.1) is 11.3 Å². The molecule has 0 saturated heterocycles. The molecule has 1 atom stereocenters. The molecule has 2 aromatic rings. The van der Waals surface area contributed by atoms with Crippen molar-refractivity contribution in [2.75, 3.05) is 13.7 Å².